The van der Waals surface area contributed by atoms with E-state index in [1.54, 1.807) is 12.1 Å². The molecule has 2 heterocycles. The Bertz CT molecular complexity index is 1160. The summed E-state index contributed by atoms with van der Waals surface area (Å²) >= 11 is 0. The summed E-state index contributed by atoms with van der Waals surface area (Å²) in [5.74, 6) is -1.07. The lowest BCUT2D eigenvalue weighted by molar-refractivity contribution is -0.123. The highest BCUT2D eigenvalue weighted by molar-refractivity contribution is 5.92. The van der Waals surface area contributed by atoms with Crippen molar-refractivity contribution in [3.05, 3.63) is 59.4 Å². The SMILES string of the molecule is CN1CCC(CC(=O)NC2CC(c3c(-c4ccc(F)cc4)[nH]c4c(F)cc(F)cc34)C2)CC1. The van der Waals surface area contributed by atoms with E-state index in [0.29, 0.717) is 36.3 Å². The van der Waals surface area contributed by atoms with Crippen molar-refractivity contribution in [1.82, 2.24) is 15.2 Å². The first-order chi connectivity index (χ1) is 15.9. The Labute approximate surface area is 191 Å². The first-order valence-corrected chi connectivity index (χ1v) is 11.6. The molecule has 1 aliphatic heterocycles. The van der Waals surface area contributed by atoms with E-state index in [1.165, 1.54) is 18.2 Å². The lowest BCUT2D eigenvalue weighted by Crippen LogP contribution is -2.44. The van der Waals surface area contributed by atoms with E-state index in [9.17, 15) is 18.0 Å². The van der Waals surface area contributed by atoms with Crippen LogP contribution in [0.15, 0.2) is 36.4 Å². The van der Waals surface area contributed by atoms with Gasteiger partial charge in [0.25, 0.3) is 0 Å². The van der Waals surface area contributed by atoms with Gasteiger partial charge in [0, 0.05) is 23.9 Å². The maximum atomic E-state index is 14.5. The van der Waals surface area contributed by atoms with Gasteiger partial charge >= 0.3 is 0 Å². The third-order valence-corrected chi connectivity index (χ3v) is 7.22. The van der Waals surface area contributed by atoms with Crippen molar-refractivity contribution < 1.29 is 18.0 Å². The number of hydrogen-bond donors (Lipinski definition) is 2. The highest BCUT2D eigenvalue weighted by Crippen LogP contribution is 2.45. The Balaban J connectivity index is 1.33. The lowest BCUT2D eigenvalue weighted by atomic mass is 9.74. The number of rotatable bonds is 5. The predicted molar refractivity (Wildman–Crippen MR) is 122 cm³/mol. The molecule has 0 unspecified atom stereocenters. The Morgan fingerprint density at radius 3 is 2.45 bits per heavy atom. The van der Waals surface area contributed by atoms with Gasteiger partial charge < -0.3 is 15.2 Å². The van der Waals surface area contributed by atoms with E-state index < -0.39 is 11.6 Å². The number of aromatic nitrogens is 1. The molecule has 0 bridgehead atoms. The molecule has 1 aromatic heterocycles. The molecule has 3 aromatic rings. The lowest BCUT2D eigenvalue weighted by Gasteiger charge is -2.37. The number of nitrogens with one attached hydrogen (secondary N) is 2. The standard InChI is InChI=1S/C26H28F3N3O/c1-32-8-6-15(7-9-32)10-23(33)30-20-11-17(12-20)24-21-13-19(28)14-22(29)26(21)31-25(24)16-2-4-18(27)5-3-16/h2-5,13-15,17,20,31H,6-12H2,1H3,(H,30,33). The molecular weight excluding hydrogens is 427 g/mol. The molecule has 0 atom stereocenters. The zero-order valence-electron chi connectivity index (χ0n) is 18.6. The third kappa shape index (κ3) is 4.51. The molecule has 1 saturated carbocycles. The van der Waals surface area contributed by atoms with E-state index in [4.69, 9.17) is 0 Å². The number of aromatic amines is 1. The molecule has 2 N–H and O–H groups in total. The molecule has 2 aromatic carbocycles. The zero-order chi connectivity index (χ0) is 23.1. The summed E-state index contributed by atoms with van der Waals surface area (Å²) in [4.78, 5) is 17.9. The molecule has 1 aliphatic carbocycles. The van der Waals surface area contributed by atoms with Gasteiger partial charge in [0.1, 0.15) is 17.5 Å². The van der Waals surface area contributed by atoms with Crippen LogP contribution < -0.4 is 5.32 Å². The molecule has 33 heavy (non-hydrogen) atoms. The van der Waals surface area contributed by atoms with Gasteiger partial charge in [0.15, 0.2) is 0 Å². The Hall–Kier alpha value is -2.80. The summed E-state index contributed by atoms with van der Waals surface area (Å²) in [6, 6.07) is 8.25. The molecule has 174 valence electrons. The van der Waals surface area contributed by atoms with Gasteiger partial charge in [-0.25, -0.2) is 13.2 Å². The van der Waals surface area contributed by atoms with Gasteiger partial charge in [-0.05, 0) is 99.1 Å². The molecule has 2 fully saturated rings. The van der Waals surface area contributed by atoms with Crippen LogP contribution in [0.4, 0.5) is 13.2 Å². The summed E-state index contributed by atoms with van der Waals surface area (Å²) in [5, 5.41) is 3.65. The van der Waals surface area contributed by atoms with Crippen LogP contribution in [0.25, 0.3) is 22.2 Å². The van der Waals surface area contributed by atoms with Crippen molar-refractivity contribution in [1.29, 1.82) is 0 Å². The average molecular weight is 456 g/mol. The second-order valence-electron chi connectivity index (χ2n) is 9.61. The molecule has 4 nitrogen and oxygen atoms in total. The maximum Gasteiger partial charge on any atom is 0.220 e. The van der Waals surface area contributed by atoms with Crippen LogP contribution in [0.1, 0.15) is 43.6 Å². The Morgan fingerprint density at radius 2 is 1.76 bits per heavy atom. The Kier molecular flexibility index (Phi) is 5.91. The normalized spacial score (nSPS) is 21.8. The third-order valence-electron chi connectivity index (χ3n) is 7.22. The summed E-state index contributed by atoms with van der Waals surface area (Å²) in [5.41, 5.74) is 2.48. The number of hydrogen-bond acceptors (Lipinski definition) is 2. The monoisotopic (exact) mass is 455 g/mol. The van der Waals surface area contributed by atoms with Crippen molar-refractivity contribution in [3.63, 3.8) is 0 Å². The van der Waals surface area contributed by atoms with E-state index in [0.717, 1.165) is 43.1 Å². The van der Waals surface area contributed by atoms with Crippen LogP contribution in [0.2, 0.25) is 0 Å². The van der Waals surface area contributed by atoms with Crippen LogP contribution in [-0.4, -0.2) is 42.0 Å². The molecule has 1 saturated heterocycles. The Morgan fingerprint density at radius 1 is 1.06 bits per heavy atom. The molecular formula is C26H28F3N3O. The van der Waals surface area contributed by atoms with Crippen molar-refractivity contribution in [3.8, 4) is 11.3 Å². The summed E-state index contributed by atoms with van der Waals surface area (Å²) in [7, 11) is 2.10. The van der Waals surface area contributed by atoms with Gasteiger partial charge in [0.05, 0.1) is 11.2 Å². The molecule has 7 heteroatoms. The van der Waals surface area contributed by atoms with Crippen molar-refractivity contribution >= 4 is 16.8 Å². The smallest absolute Gasteiger partial charge is 0.220 e. The first-order valence-electron chi connectivity index (χ1n) is 11.6. The van der Waals surface area contributed by atoms with E-state index in [2.05, 4.69) is 22.2 Å². The molecule has 0 radical (unpaired) electrons. The maximum absolute atomic E-state index is 14.5. The van der Waals surface area contributed by atoms with Crippen molar-refractivity contribution in [2.24, 2.45) is 5.92 Å². The van der Waals surface area contributed by atoms with E-state index in [1.807, 2.05) is 0 Å². The van der Waals surface area contributed by atoms with Crippen molar-refractivity contribution in [2.45, 2.75) is 44.1 Å². The number of halogens is 3. The number of carbonyl (C=O) groups is 1. The first kappa shape index (κ1) is 22.0. The minimum absolute atomic E-state index is 0.0497. The van der Waals surface area contributed by atoms with Gasteiger partial charge in [-0.1, -0.05) is 0 Å². The topological polar surface area (TPSA) is 48.1 Å². The minimum Gasteiger partial charge on any atom is -0.353 e. The quantitative estimate of drug-likeness (QED) is 0.545. The van der Waals surface area contributed by atoms with Gasteiger partial charge in [-0.2, -0.15) is 0 Å². The van der Waals surface area contributed by atoms with Gasteiger partial charge in [-0.15, -0.1) is 0 Å². The zero-order valence-corrected chi connectivity index (χ0v) is 18.6. The largest absolute Gasteiger partial charge is 0.353 e. The number of H-pyrrole nitrogens is 1. The predicted octanol–water partition coefficient (Wildman–Crippen LogP) is 5.35. The second-order valence-corrected chi connectivity index (χ2v) is 9.61. The second kappa shape index (κ2) is 8.86. The van der Waals surface area contributed by atoms with E-state index in [-0.39, 0.29) is 29.2 Å². The number of fused-ring (bicyclic) bond motifs is 1. The number of piperidine rings is 1. The summed E-state index contributed by atoms with van der Waals surface area (Å²) in [6.07, 6.45) is 4.06. The number of carbonyl (C=O) groups excluding carboxylic acids is 1. The number of amides is 1. The van der Waals surface area contributed by atoms with Crippen LogP contribution in [0.3, 0.4) is 0 Å². The van der Waals surface area contributed by atoms with Crippen LogP contribution in [0, 0.1) is 23.4 Å². The highest BCUT2D eigenvalue weighted by atomic mass is 19.1. The number of benzene rings is 2. The highest BCUT2D eigenvalue weighted by Gasteiger charge is 2.36. The fourth-order valence-electron chi connectivity index (χ4n) is 5.29. The molecule has 1 amide bonds. The molecule has 2 aliphatic rings. The fraction of sp³-hybridized carbons (Fsp3) is 0.423. The van der Waals surface area contributed by atoms with E-state index >= 15 is 0 Å². The van der Waals surface area contributed by atoms with Crippen molar-refractivity contribution in [2.75, 3.05) is 20.1 Å². The molecule has 0 spiro atoms. The minimum atomic E-state index is -0.651. The fourth-order valence-corrected chi connectivity index (χ4v) is 5.29. The average Bonchev–Trinajstić information content (AvgIpc) is 3.12. The number of nitrogens with zero attached hydrogens (tertiary/aromatic N) is 1. The summed E-state index contributed by atoms with van der Waals surface area (Å²) < 4.78 is 42.0. The summed E-state index contributed by atoms with van der Waals surface area (Å²) in [6.45, 7) is 2.06. The van der Waals surface area contributed by atoms with Gasteiger partial charge in [-0.3, -0.25) is 4.79 Å². The molecule has 5 rings (SSSR count). The van der Waals surface area contributed by atoms with Crippen LogP contribution in [0.5, 0.6) is 0 Å². The van der Waals surface area contributed by atoms with Crippen LogP contribution in [-0.2, 0) is 4.79 Å². The van der Waals surface area contributed by atoms with Crippen LogP contribution >= 0.6 is 0 Å². The van der Waals surface area contributed by atoms with Gasteiger partial charge in [0.2, 0.25) is 5.91 Å². The number of likely N-dealkylation sites (tertiary alicyclic amines) is 1.